The van der Waals surface area contributed by atoms with Gasteiger partial charge in [-0.2, -0.15) is 0 Å². The van der Waals surface area contributed by atoms with Crippen LogP contribution < -0.4 is 0 Å². The number of hydrogen-bond donors (Lipinski definition) is 2. The molecule has 22 heavy (non-hydrogen) atoms. The molecule has 2 N–H and O–H groups in total. The Morgan fingerprint density at radius 2 is 1.00 bits per heavy atom. The molecule has 6 heteroatoms. The van der Waals surface area contributed by atoms with Gasteiger partial charge in [0, 0.05) is 0 Å². The minimum absolute atomic E-state index is 0.0257. The van der Waals surface area contributed by atoms with E-state index in [0.29, 0.717) is 0 Å². The number of allylic oxidation sites excluding steroid dienone is 2. The van der Waals surface area contributed by atoms with Gasteiger partial charge in [0.05, 0.1) is 27.3 Å². The molecule has 0 aromatic rings. The standard InChI is InChI=1S/C16H28O4Si2/c1-21(2,3)11-7-9-13(15(17)18)14(16(19)20)10-8-12-22(4,5)6/h7-8,11-12H,9-10H2,1-6H3,(H,17,18)(H,19,20). The van der Waals surface area contributed by atoms with Crippen molar-refractivity contribution >= 4 is 28.1 Å². The molecule has 0 heterocycles. The van der Waals surface area contributed by atoms with E-state index in [4.69, 9.17) is 0 Å². The fourth-order valence-electron chi connectivity index (χ4n) is 1.74. The Labute approximate surface area is 135 Å². The van der Waals surface area contributed by atoms with Crippen LogP contribution in [0.15, 0.2) is 34.7 Å². The van der Waals surface area contributed by atoms with Gasteiger partial charge in [0.15, 0.2) is 0 Å². The highest BCUT2D eigenvalue weighted by molar-refractivity contribution is 6.81. The Morgan fingerprint density at radius 1 is 0.727 bits per heavy atom. The molecular formula is C16H28O4Si2. The van der Waals surface area contributed by atoms with E-state index in [1.54, 1.807) is 12.2 Å². The highest BCUT2D eigenvalue weighted by Gasteiger charge is 2.19. The third kappa shape index (κ3) is 9.52. The molecule has 0 aromatic carbocycles. The Bertz CT molecular complexity index is 457. The minimum atomic E-state index is -1.42. The molecule has 0 aliphatic rings. The summed E-state index contributed by atoms with van der Waals surface area (Å²) in [6.45, 7) is 12.8. The van der Waals surface area contributed by atoms with Crippen molar-refractivity contribution in [3.05, 3.63) is 34.7 Å². The molecule has 0 atom stereocenters. The average molecular weight is 341 g/mol. The van der Waals surface area contributed by atoms with Crippen LogP contribution in [-0.2, 0) is 9.59 Å². The van der Waals surface area contributed by atoms with E-state index in [-0.39, 0.29) is 24.0 Å². The van der Waals surface area contributed by atoms with E-state index in [2.05, 4.69) is 39.3 Å². The second kappa shape index (κ2) is 8.29. The van der Waals surface area contributed by atoms with Gasteiger partial charge in [-0.1, -0.05) is 62.8 Å². The first-order valence-corrected chi connectivity index (χ1v) is 14.5. The van der Waals surface area contributed by atoms with Gasteiger partial charge >= 0.3 is 11.9 Å². The van der Waals surface area contributed by atoms with E-state index in [0.717, 1.165) is 0 Å². The zero-order chi connectivity index (χ0) is 17.6. The maximum atomic E-state index is 11.4. The molecule has 0 unspecified atom stereocenters. The number of hydrogen-bond acceptors (Lipinski definition) is 2. The van der Waals surface area contributed by atoms with Crippen molar-refractivity contribution in [2.75, 3.05) is 0 Å². The summed E-state index contributed by atoms with van der Waals surface area (Å²) in [6.07, 6.45) is 3.89. The molecule has 0 amide bonds. The van der Waals surface area contributed by atoms with E-state index < -0.39 is 28.1 Å². The Kier molecular flexibility index (Phi) is 7.76. The number of carboxylic acid groups (broad SMARTS) is 2. The van der Waals surface area contributed by atoms with Crippen LogP contribution in [0.1, 0.15) is 12.8 Å². The van der Waals surface area contributed by atoms with E-state index in [1.807, 2.05) is 11.4 Å². The fourth-order valence-corrected chi connectivity index (χ4v) is 3.39. The molecule has 0 bridgehead atoms. The summed E-state index contributed by atoms with van der Waals surface area (Å²) in [5.41, 5.74) is 4.02. The maximum absolute atomic E-state index is 11.4. The van der Waals surface area contributed by atoms with Crippen molar-refractivity contribution in [1.29, 1.82) is 0 Å². The molecule has 124 valence electrons. The predicted octanol–water partition coefficient (Wildman–Crippen LogP) is 4.10. The van der Waals surface area contributed by atoms with Gasteiger partial charge < -0.3 is 10.2 Å². The van der Waals surface area contributed by atoms with Crippen LogP contribution in [0.5, 0.6) is 0 Å². The van der Waals surface area contributed by atoms with Crippen LogP contribution in [0.25, 0.3) is 0 Å². The van der Waals surface area contributed by atoms with E-state index in [1.165, 1.54) is 0 Å². The average Bonchev–Trinajstić information content (AvgIpc) is 2.27. The second-order valence-electron chi connectivity index (χ2n) is 7.51. The lowest BCUT2D eigenvalue weighted by Gasteiger charge is -2.10. The number of carboxylic acids is 2. The third-order valence-corrected chi connectivity index (χ3v) is 5.23. The zero-order valence-electron chi connectivity index (χ0n) is 14.4. The SMILES string of the molecule is C[Si](C)(C)C=CCC(C(=O)O)=C(CC=C[Si](C)(C)C)C(=O)O. The van der Waals surface area contributed by atoms with Crippen LogP contribution in [0.2, 0.25) is 39.3 Å². The topological polar surface area (TPSA) is 74.6 Å². The molecule has 4 nitrogen and oxygen atoms in total. The maximum Gasteiger partial charge on any atom is 0.332 e. The van der Waals surface area contributed by atoms with Gasteiger partial charge in [0.2, 0.25) is 0 Å². The van der Waals surface area contributed by atoms with Crippen LogP contribution in [0.4, 0.5) is 0 Å². The molecular weight excluding hydrogens is 312 g/mol. The van der Waals surface area contributed by atoms with Crippen molar-refractivity contribution in [1.82, 2.24) is 0 Å². The molecule has 0 aliphatic carbocycles. The lowest BCUT2D eigenvalue weighted by Crippen LogP contribution is -2.16. The first kappa shape index (κ1) is 20.6. The molecule has 0 fully saturated rings. The number of rotatable bonds is 8. The lowest BCUT2D eigenvalue weighted by atomic mass is 10.0. The van der Waals surface area contributed by atoms with E-state index in [9.17, 15) is 19.8 Å². The van der Waals surface area contributed by atoms with Crippen LogP contribution in [0, 0.1) is 0 Å². The van der Waals surface area contributed by atoms with Crippen LogP contribution in [-0.4, -0.2) is 38.3 Å². The molecule has 0 aliphatic heterocycles. The van der Waals surface area contributed by atoms with Gasteiger partial charge in [-0.15, -0.1) is 0 Å². The Morgan fingerprint density at radius 3 is 1.18 bits per heavy atom. The predicted molar refractivity (Wildman–Crippen MR) is 96.5 cm³/mol. The quantitative estimate of drug-likeness (QED) is 0.515. The molecule has 0 spiro atoms. The highest BCUT2D eigenvalue weighted by Crippen LogP contribution is 2.17. The summed E-state index contributed by atoms with van der Waals surface area (Å²) >= 11 is 0. The third-order valence-electron chi connectivity index (χ3n) is 2.76. The lowest BCUT2D eigenvalue weighted by molar-refractivity contribution is -0.136. The van der Waals surface area contributed by atoms with Crippen molar-refractivity contribution in [2.24, 2.45) is 0 Å². The normalized spacial score (nSPS) is 14.5. The van der Waals surface area contributed by atoms with Crippen molar-refractivity contribution in [3.63, 3.8) is 0 Å². The fraction of sp³-hybridized carbons (Fsp3) is 0.500. The summed E-state index contributed by atoms with van der Waals surface area (Å²) < 4.78 is 0. The number of carbonyl (C=O) groups is 2. The van der Waals surface area contributed by atoms with Crippen molar-refractivity contribution < 1.29 is 19.8 Å². The molecule has 0 rings (SSSR count). The van der Waals surface area contributed by atoms with Gasteiger partial charge in [-0.3, -0.25) is 0 Å². The summed E-state index contributed by atoms with van der Waals surface area (Å²) in [6, 6.07) is 0. The largest absolute Gasteiger partial charge is 0.478 e. The van der Waals surface area contributed by atoms with Crippen LogP contribution in [0.3, 0.4) is 0 Å². The van der Waals surface area contributed by atoms with Gasteiger partial charge in [0.1, 0.15) is 0 Å². The first-order valence-electron chi connectivity index (χ1n) is 7.37. The highest BCUT2D eigenvalue weighted by atomic mass is 28.3. The monoisotopic (exact) mass is 340 g/mol. The molecule has 0 aromatic heterocycles. The first-order chi connectivity index (χ1) is 9.83. The van der Waals surface area contributed by atoms with Crippen molar-refractivity contribution in [3.8, 4) is 0 Å². The molecule has 0 saturated carbocycles. The summed E-state index contributed by atoms with van der Waals surface area (Å²) in [5, 5.41) is 18.6. The Balaban J connectivity index is 5.41. The summed E-state index contributed by atoms with van der Waals surface area (Å²) in [5.74, 6) is -2.31. The number of aliphatic carboxylic acids is 2. The Hall–Kier alpha value is -1.41. The molecule has 0 radical (unpaired) electrons. The van der Waals surface area contributed by atoms with E-state index >= 15 is 0 Å². The summed E-state index contributed by atoms with van der Waals surface area (Å²) in [4.78, 5) is 22.8. The smallest absolute Gasteiger partial charge is 0.332 e. The van der Waals surface area contributed by atoms with Gasteiger partial charge in [0.25, 0.3) is 0 Å². The zero-order valence-corrected chi connectivity index (χ0v) is 16.4. The second-order valence-corrected chi connectivity index (χ2v) is 17.6. The van der Waals surface area contributed by atoms with Crippen molar-refractivity contribution in [2.45, 2.75) is 52.1 Å². The molecule has 0 saturated heterocycles. The summed E-state index contributed by atoms with van der Waals surface area (Å²) in [7, 11) is -2.85. The van der Waals surface area contributed by atoms with Crippen LogP contribution >= 0.6 is 0 Å². The minimum Gasteiger partial charge on any atom is -0.478 e. The van der Waals surface area contributed by atoms with Gasteiger partial charge in [-0.25, -0.2) is 9.59 Å². The van der Waals surface area contributed by atoms with Gasteiger partial charge in [-0.05, 0) is 12.8 Å².